The Morgan fingerprint density at radius 1 is 1.20 bits per heavy atom. The first-order valence-corrected chi connectivity index (χ1v) is 8.45. The largest absolute Gasteiger partial charge is 0.292 e. The van der Waals surface area contributed by atoms with Crippen LogP contribution >= 0.6 is 0 Å². The third-order valence-electron chi connectivity index (χ3n) is 3.65. The number of benzene rings is 1. The van der Waals surface area contributed by atoms with E-state index in [2.05, 4.69) is 0 Å². The maximum atomic E-state index is 12.9. The summed E-state index contributed by atoms with van der Waals surface area (Å²) in [4.78, 5) is 14.2. The molecule has 0 N–H and O–H groups in total. The SMILES string of the molecule is CC(C(=O)c1ccc(F)cc1)N1CCCS(=O)(=O)CC1. The molecule has 0 saturated carbocycles. The topological polar surface area (TPSA) is 54.5 Å². The first-order chi connectivity index (χ1) is 9.39. The van der Waals surface area contributed by atoms with Gasteiger partial charge in [-0.3, -0.25) is 9.69 Å². The van der Waals surface area contributed by atoms with Crippen LogP contribution in [0.1, 0.15) is 23.7 Å². The number of sulfone groups is 1. The normalized spacial score (nSPS) is 21.1. The summed E-state index contributed by atoms with van der Waals surface area (Å²) in [5.74, 6) is -0.214. The van der Waals surface area contributed by atoms with Gasteiger partial charge in [-0.05, 0) is 44.2 Å². The van der Waals surface area contributed by atoms with Crippen LogP contribution in [-0.4, -0.2) is 49.7 Å². The van der Waals surface area contributed by atoms with Crippen molar-refractivity contribution in [1.29, 1.82) is 0 Å². The highest BCUT2D eigenvalue weighted by molar-refractivity contribution is 7.91. The zero-order chi connectivity index (χ0) is 14.8. The lowest BCUT2D eigenvalue weighted by atomic mass is 10.0. The van der Waals surface area contributed by atoms with E-state index in [1.165, 1.54) is 24.3 Å². The summed E-state index contributed by atoms with van der Waals surface area (Å²) >= 11 is 0. The molecular weight excluding hydrogens is 281 g/mol. The van der Waals surface area contributed by atoms with Gasteiger partial charge in [0.25, 0.3) is 0 Å². The Morgan fingerprint density at radius 3 is 2.50 bits per heavy atom. The van der Waals surface area contributed by atoms with E-state index >= 15 is 0 Å². The summed E-state index contributed by atoms with van der Waals surface area (Å²) in [5.41, 5.74) is 0.450. The Kier molecular flexibility index (Phi) is 4.55. The third-order valence-corrected chi connectivity index (χ3v) is 5.36. The molecule has 6 heteroatoms. The molecule has 1 saturated heterocycles. The molecule has 1 fully saturated rings. The van der Waals surface area contributed by atoms with E-state index in [1.54, 1.807) is 6.92 Å². The van der Waals surface area contributed by atoms with Crippen molar-refractivity contribution in [2.45, 2.75) is 19.4 Å². The summed E-state index contributed by atoms with van der Waals surface area (Å²) in [6.45, 7) is 2.73. The molecule has 1 aromatic rings. The summed E-state index contributed by atoms with van der Waals surface area (Å²) in [7, 11) is -2.98. The lowest BCUT2D eigenvalue weighted by Crippen LogP contribution is -2.40. The van der Waals surface area contributed by atoms with E-state index in [0.29, 0.717) is 25.1 Å². The average molecular weight is 299 g/mol. The molecule has 2 rings (SSSR count). The highest BCUT2D eigenvalue weighted by atomic mass is 32.2. The predicted molar refractivity (Wildman–Crippen MR) is 75.0 cm³/mol. The van der Waals surface area contributed by atoms with Gasteiger partial charge in [-0.15, -0.1) is 0 Å². The highest BCUT2D eigenvalue weighted by Gasteiger charge is 2.26. The second-order valence-electron chi connectivity index (χ2n) is 5.09. The molecule has 0 radical (unpaired) electrons. The Bertz CT molecular complexity index is 583. The number of Topliss-reactive ketones (excluding diaryl/α,β-unsaturated/α-hetero) is 1. The van der Waals surface area contributed by atoms with Crippen LogP contribution in [0.4, 0.5) is 4.39 Å². The Hall–Kier alpha value is -1.27. The minimum Gasteiger partial charge on any atom is -0.292 e. The summed E-state index contributed by atoms with van der Waals surface area (Å²) in [6, 6.07) is 5.04. The quantitative estimate of drug-likeness (QED) is 0.794. The van der Waals surface area contributed by atoms with E-state index < -0.39 is 15.9 Å². The molecule has 1 heterocycles. The molecule has 1 aliphatic heterocycles. The third kappa shape index (κ3) is 3.64. The van der Waals surface area contributed by atoms with Crippen molar-refractivity contribution in [3.05, 3.63) is 35.6 Å². The van der Waals surface area contributed by atoms with Crippen LogP contribution in [0.15, 0.2) is 24.3 Å². The van der Waals surface area contributed by atoms with Gasteiger partial charge in [0.15, 0.2) is 15.6 Å². The summed E-state index contributed by atoms with van der Waals surface area (Å²) in [5, 5.41) is 0. The van der Waals surface area contributed by atoms with Gasteiger partial charge in [0.2, 0.25) is 0 Å². The van der Waals surface area contributed by atoms with Crippen LogP contribution in [0.5, 0.6) is 0 Å². The number of carbonyl (C=O) groups excluding carboxylic acids is 1. The van der Waals surface area contributed by atoms with Gasteiger partial charge in [-0.25, -0.2) is 12.8 Å². The number of carbonyl (C=O) groups is 1. The number of hydrogen-bond donors (Lipinski definition) is 0. The molecule has 1 atom stereocenters. The lowest BCUT2D eigenvalue weighted by molar-refractivity contribution is 0.0848. The van der Waals surface area contributed by atoms with Crippen LogP contribution in [-0.2, 0) is 9.84 Å². The van der Waals surface area contributed by atoms with Crippen molar-refractivity contribution < 1.29 is 17.6 Å². The molecule has 0 aromatic heterocycles. The molecule has 1 aliphatic rings. The predicted octanol–water partition coefficient (Wildman–Crippen LogP) is 1.52. The van der Waals surface area contributed by atoms with Crippen molar-refractivity contribution in [2.24, 2.45) is 0 Å². The number of hydrogen-bond acceptors (Lipinski definition) is 4. The van der Waals surface area contributed by atoms with Crippen LogP contribution in [0.25, 0.3) is 0 Å². The van der Waals surface area contributed by atoms with E-state index in [4.69, 9.17) is 0 Å². The van der Waals surface area contributed by atoms with Crippen molar-refractivity contribution >= 4 is 15.6 Å². The number of ketones is 1. The molecule has 0 spiro atoms. The fourth-order valence-corrected chi connectivity index (χ4v) is 3.65. The fraction of sp³-hybridized carbons (Fsp3) is 0.500. The molecule has 0 aliphatic carbocycles. The maximum Gasteiger partial charge on any atom is 0.179 e. The fourth-order valence-electron chi connectivity index (χ4n) is 2.37. The smallest absolute Gasteiger partial charge is 0.179 e. The van der Waals surface area contributed by atoms with Crippen LogP contribution < -0.4 is 0 Å². The zero-order valence-corrected chi connectivity index (χ0v) is 12.2. The van der Waals surface area contributed by atoms with Gasteiger partial charge in [0.05, 0.1) is 17.5 Å². The molecule has 110 valence electrons. The monoisotopic (exact) mass is 299 g/mol. The molecule has 1 unspecified atom stereocenters. The Labute approximate surface area is 118 Å². The van der Waals surface area contributed by atoms with Gasteiger partial charge >= 0.3 is 0 Å². The summed E-state index contributed by atoms with van der Waals surface area (Å²) in [6.07, 6.45) is 0.545. The van der Waals surface area contributed by atoms with Crippen molar-refractivity contribution in [2.75, 3.05) is 24.6 Å². The number of halogens is 1. The van der Waals surface area contributed by atoms with E-state index in [9.17, 15) is 17.6 Å². The number of rotatable bonds is 3. The standard InChI is InChI=1S/C14H18FNO3S/c1-11(14(17)12-3-5-13(15)6-4-12)16-7-2-9-20(18,19)10-8-16/h3-6,11H,2,7-10H2,1H3. The minimum atomic E-state index is -2.98. The molecule has 0 bridgehead atoms. The van der Waals surface area contributed by atoms with Crippen LogP contribution in [0.2, 0.25) is 0 Å². The number of nitrogens with zero attached hydrogens (tertiary/aromatic N) is 1. The maximum absolute atomic E-state index is 12.9. The highest BCUT2D eigenvalue weighted by Crippen LogP contribution is 2.13. The Morgan fingerprint density at radius 2 is 1.85 bits per heavy atom. The summed E-state index contributed by atoms with van der Waals surface area (Å²) < 4.78 is 36.0. The van der Waals surface area contributed by atoms with E-state index in [1.807, 2.05) is 4.90 Å². The first-order valence-electron chi connectivity index (χ1n) is 6.63. The first kappa shape index (κ1) is 15.1. The minimum absolute atomic E-state index is 0.0913. The van der Waals surface area contributed by atoms with Gasteiger partial charge in [0.1, 0.15) is 5.82 Å². The second-order valence-corrected chi connectivity index (χ2v) is 7.39. The van der Waals surface area contributed by atoms with Crippen LogP contribution in [0.3, 0.4) is 0 Å². The van der Waals surface area contributed by atoms with Gasteiger partial charge in [-0.1, -0.05) is 0 Å². The van der Waals surface area contributed by atoms with Gasteiger partial charge in [0, 0.05) is 12.1 Å². The molecule has 4 nitrogen and oxygen atoms in total. The van der Waals surface area contributed by atoms with Crippen molar-refractivity contribution in [3.63, 3.8) is 0 Å². The second kappa shape index (κ2) is 6.01. The molecule has 20 heavy (non-hydrogen) atoms. The van der Waals surface area contributed by atoms with Crippen molar-refractivity contribution in [3.8, 4) is 0 Å². The van der Waals surface area contributed by atoms with E-state index in [-0.39, 0.29) is 23.1 Å². The Balaban J connectivity index is 2.08. The van der Waals surface area contributed by atoms with Gasteiger partial charge < -0.3 is 0 Å². The lowest BCUT2D eigenvalue weighted by Gasteiger charge is -2.25. The van der Waals surface area contributed by atoms with E-state index in [0.717, 1.165) is 0 Å². The average Bonchev–Trinajstić information content (AvgIpc) is 2.59. The van der Waals surface area contributed by atoms with Gasteiger partial charge in [-0.2, -0.15) is 0 Å². The zero-order valence-electron chi connectivity index (χ0n) is 11.4. The molecule has 1 aromatic carbocycles. The molecular formula is C14H18FNO3S. The molecule has 0 amide bonds. The van der Waals surface area contributed by atoms with Crippen LogP contribution in [0, 0.1) is 5.82 Å². The van der Waals surface area contributed by atoms with Crippen molar-refractivity contribution in [1.82, 2.24) is 4.90 Å².